The van der Waals surface area contributed by atoms with Crippen LogP contribution in [-0.2, 0) is 0 Å². The number of nitrogens with zero attached hydrogens (tertiary/aromatic N) is 2. The van der Waals surface area contributed by atoms with Gasteiger partial charge in [0.1, 0.15) is 11.9 Å². The summed E-state index contributed by atoms with van der Waals surface area (Å²) in [5, 5.41) is 21.8. The first-order chi connectivity index (χ1) is 7.55. The lowest BCUT2D eigenvalue weighted by Crippen LogP contribution is -2.57. The Bertz CT molecular complexity index is 436. The van der Waals surface area contributed by atoms with E-state index in [1.165, 1.54) is 0 Å². The average molecular weight is 217 g/mol. The van der Waals surface area contributed by atoms with Gasteiger partial charge in [0.2, 0.25) is 0 Å². The molecular formula is C12H15N3O. The van der Waals surface area contributed by atoms with Crippen LogP contribution in [0.2, 0.25) is 0 Å². The predicted molar refractivity (Wildman–Crippen MR) is 60.8 cm³/mol. The molecule has 1 aliphatic carbocycles. The molecule has 1 aromatic rings. The maximum atomic E-state index is 9.63. The highest BCUT2D eigenvalue weighted by molar-refractivity contribution is 5.52. The first-order valence-electron chi connectivity index (χ1n) is 5.35. The number of aromatic nitrogens is 1. The Balaban J connectivity index is 2.14. The molecular weight excluding hydrogens is 202 g/mol. The van der Waals surface area contributed by atoms with Gasteiger partial charge in [-0.2, -0.15) is 5.26 Å². The van der Waals surface area contributed by atoms with Gasteiger partial charge < -0.3 is 10.4 Å². The molecule has 1 aromatic heterocycles. The van der Waals surface area contributed by atoms with E-state index < -0.39 is 0 Å². The van der Waals surface area contributed by atoms with Crippen molar-refractivity contribution in [1.29, 1.82) is 5.26 Å². The number of hydrogen-bond donors (Lipinski definition) is 2. The molecule has 1 fully saturated rings. The fourth-order valence-electron chi connectivity index (χ4n) is 1.92. The van der Waals surface area contributed by atoms with E-state index in [9.17, 15) is 5.11 Å². The highest BCUT2D eigenvalue weighted by Gasteiger charge is 2.47. The van der Waals surface area contributed by atoms with Gasteiger partial charge in [-0.15, -0.1) is 0 Å². The number of aliphatic hydroxyl groups is 1. The van der Waals surface area contributed by atoms with Crippen LogP contribution in [0.5, 0.6) is 0 Å². The summed E-state index contributed by atoms with van der Waals surface area (Å²) in [7, 11) is 0. The zero-order valence-electron chi connectivity index (χ0n) is 9.44. The van der Waals surface area contributed by atoms with Crippen molar-refractivity contribution in [2.45, 2.75) is 32.4 Å². The van der Waals surface area contributed by atoms with Crippen molar-refractivity contribution < 1.29 is 5.11 Å². The lowest BCUT2D eigenvalue weighted by Gasteiger charge is -2.49. The van der Waals surface area contributed by atoms with E-state index >= 15 is 0 Å². The van der Waals surface area contributed by atoms with Crippen molar-refractivity contribution in [2.24, 2.45) is 5.41 Å². The van der Waals surface area contributed by atoms with Gasteiger partial charge in [0.25, 0.3) is 0 Å². The lowest BCUT2D eigenvalue weighted by molar-refractivity contribution is -0.0511. The molecule has 84 valence electrons. The maximum Gasteiger partial charge on any atom is 0.144 e. The zero-order chi connectivity index (χ0) is 11.8. The van der Waals surface area contributed by atoms with E-state index in [2.05, 4.69) is 16.4 Å². The molecule has 0 radical (unpaired) electrons. The molecule has 1 aliphatic rings. The predicted octanol–water partition coefficient (Wildman–Crippen LogP) is 1.52. The summed E-state index contributed by atoms with van der Waals surface area (Å²) in [6.45, 7) is 4.02. The van der Waals surface area contributed by atoms with Gasteiger partial charge in [-0.3, -0.25) is 0 Å². The Morgan fingerprint density at radius 3 is 2.94 bits per heavy atom. The Morgan fingerprint density at radius 1 is 1.62 bits per heavy atom. The second-order valence-electron chi connectivity index (χ2n) is 4.78. The highest BCUT2D eigenvalue weighted by Crippen LogP contribution is 2.42. The fourth-order valence-corrected chi connectivity index (χ4v) is 1.92. The van der Waals surface area contributed by atoms with Crippen LogP contribution in [-0.4, -0.2) is 22.2 Å². The smallest absolute Gasteiger partial charge is 0.144 e. The first-order valence-corrected chi connectivity index (χ1v) is 5.35. The van der Waals surface area contributed by atoms with Crippen LogP contribution in [0.1, 0.15) is 25.8 Å². The molecule has 4 nitrogen and oxygen atoms in total. The van der Waals surface area contributed by atoms with E-state index in [0.29, 0.717) is 17.8 Å². The Morgan fingerprint density at radius 2 is 2.38 bits per heavy atom. The van der Waals surface area contributed by atoms with E-state index in [4.69, 9.17) is 5.26 Å². The van der Waals surface area contributed by atoms with E-state index in [1.807, 2.05) is 13.8 Å². The summed E-state index contributed by atoms with van der Waals surface area (Å²) in [6, 6.07) is 5.75. The number of nitriles is 1. The minimum Gasteiger partial charge on any atom is -0.392 e. The molecule has 4 heteroatoms. The third-order valence-corrected chi connectivity index (χ3v) is 3.46. The van der Waals surface area contributed by atoms with Gasteiger partial charge in [-0.25, -0.2) is 4.98 Å². The molecule has 0 spiro atoms. The summed E-state index contributed by atoms with van der Waals surface area (Å²) in [4.78, 5) is 4.15. The van der Waals surface area contributed by atoms with E-state index in [-0.39, 0.29) is 17.6 Å². The van der Waals surface area contributed by atoms with Crippen molar-refractivity contribution in [2.75, 3.05) is 5.32 Å². The van der Waals surface area contributed by atoms with Gasteiger partial charge in [0, 0.05) is 17.7 Å². The first kappa shape index (κ1) is 10.9. The van der Waals surface area contributed by atoms with Crippen LogP contribution < -0.4 is 5.32 Å². The van der Waals surface area contributed by atoms with Crippen molar-refractivity contribution in [3.8, 4) is 6.07 Å². The van der Waals surface area contributed by atoms with E-state index in [0.717, 1.165) is 0 Å². The molecule has 1 saturated carbocycles. The number of rotatable bonds is 2. The summed E-state index contributed by atoms with van der Waals surface area (Å²) in [5.74, 6) is 0.606. The lowest BCUT2D eigenvalue weighted by atomic mass is 9.64. The summed E-state index contributed by atoms with van der Waals surface area (Å²) in [6.07, 6.45) is 2.08. The maximum absolute atomic E-state index is 9.63. The van der Waals surface area contributed by atoms with Gasteiger partial charge in [0.05, 0.1) is 11.7 Å². The SMILES string of the molecule is CC1(C)C(O)CC1Nc1ncccc1C#N. The highest BCUT2D eigenvalue weighted by atomic mass is 16.3. The zero-order valence-corrected chi connectivity index (χ0v) is 9.44. The Kier molecular flexibility index (Phi) is 2.56. The molecule has 0 bridgehead atoms. The number of anilines is 1. The molecule has 2 N–H and O–H groups in total. The molecule has 0 aromatic carbocycles. The molecule has 2 atom stereocenters. The Labute approximate surface area is 94.9 Å². The van der Waals surface area contributed by atoms with Crippen LogP contribution in [0, 0.1) is 16.7 Å². The van der Waals surface area contributed by atoms with Crippen LogP contribution >= 0.6 is 0 Å². The number of nitrogens with one attached hydrogen (secondary N) is 1. The van der Waals surface area contributed by atoms with Crippen molar-refractivity contribution in [1.82, 2.24) is 4.98 Å². The fraction of sp³-hybridized carbons (Fsp3) is 0.500. The van der Waals surface area contributed by atoms with Gasteiger partial charge in [0.15, 0.2) is 0 Å². The van der Waals surface area contributed by atoms with Gasteiger partial charge >= 0.3 is 0 Å². The third-order valence-electron chi connectivity index (χ3n) is 3.46. The molecule has 0 aliphatic heterocycles. The van der Waals surface area contributed by atoms with E-state index in [1.54, 1.807) is 18.3 Å². The minimum absolute atomic E-state index is 0.162. The minimum atomic E-state index is -0.278. The van der Waals surface area contributed by atoms with Crippen molar-refractivity contribution >= 4 is 5.82 Å². The summed E-state index contributed by atoms with van der Waals surface area (Å²) >= 11 is 0. The van der Waals surface area contributed by atoms with Crippen LogP contribution in [0.4, 0.5) is 5.82 Å². The largest absolute Gasteiger partial charge is 0.392 e. The molecule has 1 heterocycles. The standard InChI is InChI=1S/C12H15N3O/c1-12(2)9(6-10(12)16)15-11-8(7-13)4-3-5-14-11/h3-5,9-10,16H,6H2,1-2H3,(H,14,15). The normalized spacial score (nSPS) is 26.6. The Hall–Kier alpha value is -1.60. The molecule has 16 heavy (non-hydrogen) atoms. The van der Waals surface area contributed by atoms with Crippen LogP contribution in [0.15, 0.2) is 18.3 Å². The monoisotopic (exact) mass is 217 g/mol. The summed E-state index contributed by atoms with van der Waals surface area (Å²) in [5.41, 5.74) is 0.379. The number of aliphatic hydroxyl groups excluding tert-OH is 1. The number of pyridine rings is 1. The van der Waals surface area contributed by atoms with Gasteiger partial charge in [-0.05, 0) is 18.6 Å². The van der Waals surface area contributed by atoms with Crippen molar-refractivity contribution in [3.05, 3.63) is 23.9 Å². The van der Waals surface area contributed by atoms with Crippen LogP contribution in [0.25, 0.3) is 0 Å². The van der Waals surface area contributed by atoms with Gasteiger partial charge in [-0.1, -0.05) is 13.8 Å². The van der Waals surface area contributed by atoms with Crippen molar-refractivity contribution in [3.63, 3.8) is 0 Å². The quantitative estimate of drug-likeness (QED) is 0.788. The second-order valence-corrected chi connectivity index (χ2v) is 4.78. The molecule has 0 saturated heterocycles. The third kappa shape index (κ3) is 1.63. The van der Waals surface area contributed by atoms with Crippen LogP contribution in [0.3, 0.4) is 0 Å². The molecule has 2 unspecified atom stereocenters. The topological polar surface area (TPSA) is 68.9 Å². The summed E-state index contributed by atoms with van der Waals surface area (Å²) < 4.78 is 0. The molecule has 0 amide bonds. The molecule has 2 rings (SSSR count). The number of hydrogen-bond acceptors (Lipinski definition) is 4. The second kappa shape index (κ2) is 3.76. The average Bonchev–Trinajstić information content (AvgIpc) is 2.29.